The maximum absolute atomic E-state index is 5.40. The molecule has 2 heterocycles. The number of ether oxygens (including phenoxy) is 2. The second kappa shape index (κ2) is 8.46. The summed E-state index contributed by atoms with van der Waals surface area (Å²) in [6.45, 7) is 8.08. The van der Waals surface area contributed by atoms with Gasteiger partial charge in [-0.3, -0.25) is 4.90 Å². The Morgan fingerprint density at radius 1 is 1.25 bits per heavy atom. The number of methoxy groups -OCH3 is 1. The third-order valence-electron chi connectivity index (χ3n) is 4.23. The Morgan fingerprint density at radius 2 is 2.08 bits per heavy atom. The number of hydrogen-bond acceptors (Lipinski definition) is 5. The monoisotopic (exact) mass is 347 g/mol. The molecule has 6 heteroatoms. The molecule has 0 spiro atoms. The lowest BCUT2D eigenvalue weighted by Crippen LogP contribution is -2.37. The molecule has 2 aromatic rings. The minimum atomic E-state index is 0.836. The van der Waals surface area contributed by atoms with Crippen molar-refractivity contribution >= 4 is 17.0 Å². The quantitative estimate of drug-likeness (QED) is 0.807. The van der Waals surface area contributed by atoms with Crippen LogP contribution in [0.1, 0.15) is 12.1 Å². The number of morpholine rings is 1. The van der Waals surface area contributed by atoms with Crippen molar-refractivity contribution in [3.63, 3.8) is 0 Å². The van der Waals surface area contributed by atoms with E-state index in [2.05, 4.69) is 21.8 Å². The van der Waals surface area contributed by atoms with Crippen molar-refractivity contribution < 1.29 is 9.47 Å². The van der Waals surface area contributed by atoms with Gasteiger partial charge in [0.15, 0.2) is 4.80 Å². The molecule has 1 aliphatic rings. The van der Waals surface area contributed by atoms with E-state index in [-0.39, 0.29) is 0 Å². The number of nitrogens with zero attached hydrogens (tertiary/aromatic N) is 3. The van der Waals surface area contributed by atoms with E-state index in [4.69, 9.17) is 14.5 Å². The molecular formula is C18H25N3O2S. The number of benzene rings is 1. The summed E-state index contributed by atoms with van der Waals surface area (Å²) in [4.78, 5) is 8.32. The lowest BCUT2D eigenvalue weighted by atomic mass is 10.3. The Balaban J connectivity index is 1.69. The molecule has 1 saturated heterocycles. The highest BCUT2D eigenvalue weighted by atomic mass is 32.1. The fourth-order valence-electron chi connectivity index (χ4n) is 2.84. The smallest absolute Gasteiger partial charge is 0.190 e. The first kappa shape index (κ1) is 17.2. The van der Waals surface area contributed by atoms with Crippen molar-refractivity contribution in [3.05, 3.63) is 40.1 Å². The van der Waals surface area contributed by atoms with Crippen LogP contribution >= 0.6 is 11.3 Å². The molecule has 0 saturated carbocycles. The van der Waals surface area contributed by atoms with Crippen LogP contribution < -0.4 is 9.54 Å². The second-order valence-electron chi connectivity index (χ2n) is 5.93. The Morgan fingerprint density at radius 3 is 2.88 bits per heavy atom. The highest BCUT2D eigenvalue weighted by Gasteiger charge is 2.10. The molecule has 130 valence electrons. The van der Waals surface area contributed by atoms with Gasteiger partial charge >= 0.3 is 0 Å². The molecule has 1 aromatic carbocycles. The molecule has 0 N–H and O–H groups in total. The van der Waals surface area contributed by atoms with E-state index >= 15 is 0 Å². The van der Waals surface area contributed by atoms with Crippen LogP contribution in [0.5, 0.6) is 5.75 Å². The highest BCUT2D eigenvalue weighted by Crippen LogP contribution is 2.19. The van der Waals surface area contributed by atoms with Gasteiger partial charge in [-0.15, -0.1) is 11.3 Å². The maximum Gasteiger partial charge on any atom is 0.190 e. The van der Waals surface area contributed by atoms with Crippen molar-refractivity contribution in [2.75, 3.05) is 40.0 Å². The lowest BCUT2D eigenvalue weighted by Gasteiger charge is -2.26. The Kier molecular flexibility index (Phi) is 6.07. The molecule has 1 aliphatic heterocycles. The average Bonchev–Trinajstić information content (AvgIpc) is 2.96. The van der Waals surface area contributed by atoms with Crippen molar-refractivity contribution in [2.24, 2.45) is 4.99 Å². The molecule has 0 radical (unpaired) electrons. The predicted octanol–water partition coefficient (Wildman–Crippen LogP) is 2.82. The molecular weight excluding hydrogens is 322 g/mol. The summed E-state index contributed by atoms with van der Waals surface area (Å²) >= 11 is 1.69. The van der Waals surface area contributed by atoms with Gasteiger partial charge in [0, 0.05) is 43.3 Å². The van der Waals surface area contributed by atoms with E-state index in [1.807, 2.05) is 24.3 Å². The van der Waals surface area contributed by atoms with Crippen molar-refractivity contribution in [1.82, 2.24) is 9.47 Å². The van der Waals surface area contributed by atoms with Crippen LogP contribution in [0, 0.1) is 6.92 Å². The summed E-state index contributed by atoms with van der Waals surface area (Å²) < 4.78 is 13.0. The van der Waals surface area contributed by atoms with Gasteiger partial charge in [-0.1, -0.05) is 6.07 Å². The van der Waals surface area contributed by atoms with Gasteiger partial charge in [0.1, 0.15) is 5.75 Å². The number of hydrogen-bond donors (Lipinski definition) is 0. The van der Waals surface area contributed by atoms with E-state index in [0.29, 0.717) is 0 Å². The summed E-state index contributed by atoms with van der Waals surface area (Å²) in [5.41, 5.74) is 2.20. The summed E-state index contributed by atoms with van der Waals surface area (Å²) in [7, 11) is 1.68. The fraction of sp³-hybridized carbons (Fsp3) is 0.500. The van der Waals surface area contributed by atoms with Crippen molar-refractivity contribution in [3.8, 4) is 5.75 Å². The van der Waals surface area contributed by atoms with E-state index in [9.17, 15) is 0 Å². The predicted molar refractivity (Wildman–Crippen MR) is 97.1 cm³/mol. The molecule has 0 bridgehead atoms. The molecule has 24 heavy (non-hydrogen) atoms. The minimum absolute atomic E-state index is 0.836. The molecule has 0 amide bonds. The third kappa shape index (κ3) is 4.47. The van der Waals surface area contributed by atoms with Gasteiger partial charge in [0.05, 0.1) is 26.0 Å². The van der Waals surface area contributed by atoms with E-state index in [1.54, 1.807) is 18.4 Å². The largest absolute Gasteiger partial charge is 0.497 e. The first-order valence-electron chi connectivity index (χ1n) is 8.40. The number of aryl methyl sites for hydroxylation is 1. The van der Waals surface area contributed by atoms with Crippen LogP contribution in [0.2, 0.25) is 0 Å². The van der Waals surface area contributed by atoms with Crippen LogP contribution in [0.25, 0.3) is 0 Å². The minimum Gasteiger partial charge on any atom is -0.497 e. The van der Waals surface area contributed by atoms with Gasteiger partial charge in [0.2, 0.25) is 0 Å². The SMILES string of the molecule is COc1cccc(N=c2scc(C)n2CCCN2CCOCC2)c1. The Bertz CT molecular complexity index is 717. The second-order valence-corrected chi connectivity index (χ2v) is 6.77. The van der Waals surface area contributed by atoms with Gasteiger partial charge in [-0.2, -0.15) is 0 Å². The average molecular weight is 347 g/mol. The molecule has 3 rings (SSSR count). The van der Waals surface area contributed by atoms with Crippen LogP contribution in [0.15, 0.2) is 34.6 Å². The first-order valence-corrected chi connectivity index (χ1v) is 9.28. The zero-order valence-corrected chi connectivity index (χ0v) is 15.2. The highest BCUT2D eigenvalue weighted by molar-refractivity contribution is 7.07. The fourth-order valence-corrected chi connectivity index (χ4v) is 3.77. The van der Waals surface area contributed by atoms with Crippen LogP contribution in [0.4, 0.5) is 5.69 Å². The molecule has 0 atom stereocenters. The first-order chi connectivity index (χ1) is 11.8. The number of thiazole rings is 1. The van der Waals surface area contributed by atoms with Gasteiger partial charge < -0.3 is 14.0 Å². The Labute approximate surface area is 147 Å². The van der Waals surface area contributed by atoms with E-state index in [1.165, 1.54) is 5.69 Å². The molecule has 0 unspecified atom stereocenters. The summed E-state index contributed by atoms with van der Waals surface area (Å²) in [5, 5.41) is 2.17. The molecule has 1 aromatic heterocycles. The number of rotatable bonds is 6. The summed E-state index contributed by atoms with van der Waals surface area (Å²) in [6.07, 6.45) is 1.13. The molecule has 0 aliphatic carbocycles. The van der Waals surface area contributed by atoms with Crippen molar-refractivity contribution in [2.45, 2.75) is 19.9 Å². The van der Waals surface area contributed by atoms with Crippen molar-refractivity contribution in [1.29, 1.82) is 0 Å². The molecule has 5 nitrogen and oxygen atoms in total. The normalized spacial score (nSPS) is 16.5. The topological polar surface area (TPSA) is 39.0 Å². The zero-order valence-electron chi connectivity index (χ0n) is 14.4. The third-order valence-corrected chi connectivity index (χ3v) is 5.21. The Hall–Kier alpha value is -1.63. The van der Waals surface area contributed by atoms with Gasteiger partial charge in [0.25, 0.3) is 0 Å². The summed E-state index contributed by atoms with van der Waals surface area (Å²) in [6, 6.07) is 7.89. The van der Waals surface area contributed by atoms with E-state index in [0.717, 1.165) is 62.1 Å². The van der Waals surface area contributed by atoms with Gasteiger partial charge in [-0.05, 0) is 25.5 Å². The maximum atomic E-state index is 5.40. The lowest BCUT2D eigenvalue weighted by molar-refractivity contribution is 0.0369. The van der Waals surface area contributed by atoms with Gasteiger partial charge in [-0.25, -0.2) is 4.99 Å². The van der Waals surface area contributed by atoms with Crippen LogP contribution in [-0.4, -0.2) is 49.4 Å². The zero-order chi connectivity index (χ0) is 16.8. The van der Waals surface area contributed by atoms with Crippen LogP contribution in [0.3, 0.4) is 0 Å². The van der Waals surface area contributed by atoms with Crippen LogP contribution in [-0.2, 0) is 11.3 Å². The standard InChI is InChI=1S/C18H25N3O2S/c1-15-14-24-18(19-16-5-3-6-17(13-16)22-2)21(15)8-4-7-20-9-11-23-12-10-20/h3,5-6,13-14H,4,7-12H2,1-2H3. The van der Waals surface area contributed by atoms with E-state index < -0.39 is 0 Å². The summed E-state index contributed by atoms with van der Waals surface area (Å²) in [5.74, 6) is 0.836. The number of aromatic nitrogens is 1. The molecule has 1 fully saturated rings.